The molecule has 6 heteroatoms. The number of halogens is 4. The molecule has 1 unspecified atom stereocenters. The van der Waals surface area contributed by atoms with Gasteiger partial charge in [-0.05, 0) is 6.07 Å². The second-order valence-corrected chi connectivity index (χ2v) is 2.08. The van der Waals surface area contributed by atoms with E-state index in [9.17, 15) is 13.2 Å². The quantitative estimate of drug-likeness (QED) is 0.757. The highest BCUT2D eigenvalue weighted by Crippen LogP contribution is 2.30. The van der Waals surface area contributed by atoms with Gasteiger partial charge in [-0.3, -0.25) is 0 Å². The fourth-order valence-corrected chi connectivity index (χ4v) is 0.641. The smallest absolute Gasteiger partial charge is 0.407 e. The third kappa shape index (κ3) is 2.42. The lowest BCUT2D eigenvalue weighted by molar-refractivity contribution is -0.149. The first-order chi connectivity index (χ1) is 5.02. The van der Waals surface area contributed by atoms with E-state index in [2.05, 4.69) is 4.42 Å². The van der Waals surface area contributed by atoms with E-state index in [0.717, 1.165) is 12.5 Å². The van der Waals surface area contributed by atoms with Crippen LogP contribution in [0.4, 0.5) is 13.2 Å². The van der Waals surface area contributed by atoms with Crippen molar-refractivity contribution in [3.05, 3.63) is 24.2 Å². The van der Waals surface area contributed by atoms with Gasteiger partial charge >= 0.3 is 6.18 Å². The minimum Gasteiger partial charge on any atom is -0.472 e. The Balaban J connectivity index is 0.00000121. The molecule has 0 bridgehead atoms. The first-order valence-electron chi connectivity index (χ1n) is 2.86. The molecule has 0 radical (unpaired) electrons. The summed E-state index contributed by atoms with van der Waals surface area (Å²) in [6.45, 7) is 0. The molecule has 1 rings (SSSR count). The van der Waals surface area contributed by atoms with E-state index >= 15 is 0 Å². The summed E-state index contributed by atoms with van der Waals surface area (Å²) in [5.74, 6) is 0. The predicted molar refractivity (Wildman–Crippen MR) is 38.9 cm³/mol. The van der Waals surface area contributed by atoms with Crippen LogP contribution in [0.15, 0.2) is 23.0 Å². The Morgan fingerprint density at radius 2 is 2.00 bits per heavy atom. The van der Waals surface area contributed by atoms with Crippen molar-refractivity contribution in [1.29, 1.82) is 0 Å². The molecular formula is C6H7ClF3NO. The Hall–Kier alpha value is -0.680. The van der Waals surface area contributed by atoms with Crippen LogP contribution in [0.3, 0.4) is 0 Å². The van der Waals surface area contributed by atoms with E-state index < -0.39 is 12.2 Å². The van der Waals surface area contributed by atoms with Gasteiger partial charge in [0.2, 0.25) is 0 Å². The minimum absolute atomic E-state index is 0. The molecule has 0 aliphatic carbocycles. The Bertz CT molecular complexity index is 221. The Labute approximate surface area is 72.9 Å². The molecule has 1 aromatic heterocycles. The van der Waals surface area contributed by atoms with Crippen molar-refractivity contribution in [2.24, 2.45) is 5.73 Å². The maximum atomic E-state index is 11.8. The molecule has 12 heavy (non-hydrogen) atoms. The lowest BCUT2D eigenvalue weighted by Crippen LogP contribution is -2.27. The van der Waals surface area contributed by atoms with E-state index in [1.807, 2.05) is 0 Å². The molecule has 0 aromatic carbocycles. The van der Waals surface area contributed by atoms with Crippen molar-refractivity contribution < 1.29 is 17.6 Å². The lowest BCUT2D eigenvalue weighted by Gasteiger charge is -2.12. The van der Waals surface area contributed by atoms with E-state index in [4.69, 9.17) is 5.73 Å². The van der Waals surface area contributed by atoms with Crippen LogP contribution < -0.4 is 5.73 Å². The lowest BCUT2D eigenvalue weighted by atomic mass is 10.1. The fourth-order valence-electron chi connectivity index (χ4n) is 0.641. The second-order valence-electron chi connectivity index (χ2n) is 2.08. The molecule has 1 heterocycles. The van der Waals surface area contributed by atoms with Crippen LogP contribution in [0.5, 0.6) is 0 Å². The number of hydrogen-bond acceptors (Lipinski definition) is 2. The number of hydrogen-bond donors (Lipinski definition) is 1. The van der Waals surface area contributed by atoms with Gasteiger partial charge in [0, 0.05) is 5.56 Å². The minimum atomic E-state index is -4.40. The second kappa shape index (κ2) is 3.82. The molecule has 0 saturated heterocycles. The van der Waals surface area contributed by atoms with Gasteiger partial charge in [-0.2, -0.15) is 13.2 Å². The van der Waals surface area contributed by atoms with E-state index in [-0.39, 0.29) is 18.0 Å². The first kappa shape index (κ1) is 11.3. The van der Waals surface area contributed by atoms with E-state index in [1.54, 1.807) is 0 Å². The van der Waals surface area contributed by atoms with Gasteiger partial charge in [0.25, 0.3) is 0 Å². The van der Waals surface area contributed by atoms with Crippen LogP contribution in [0.2, 0.25) is 0 Å². The number of rotatable bonds is 1. The largest absolute Gasteiger partial charge is 0.472 e. The molecule has 0 spiro atoms. The van der Waals surface area contributed by atoms with Crippen LogP contribution in [0.1, 0.15) is 11.6 Å². The molecule has 0 aliphatic rings. The highest BCUT2D eigenvalue weighted by Gasteiger charge is 2.38. The van der Waals surface area contributed by atoms with Crippen LogP contribution >= 0.6 is 12.4 Å². The zero-order chi connectivity index (χ0) is 8.48. The zero-order valence-electron chi connectivity index (χ0n) is 5.84. The average Bonchev–Trinajstić information content (AvgIpc) is 2.34. The third-order valence-electron chi connectivity index (χ3n) is 1.25. The van der Waals surface area contributed by atoms with Crippen LogP contribution in [-0.4, -0.2) is 6.18 Å². The van der Waals surface area contributed by atoms with Gasteiger partial charge in [0.15, 0.2) is 0 Å². The normalized spacial score (nSPS) is 13.7. The molecule has 0 aliphatic heterocycles. The number of nitrogens with two attached hydrogens (primary N) is 1. The molecule has 2 N–H and O–H groups in total. The monoisotopic (exact) mass is 201 g/mol. The summed E-state index contributed by atoms with van der Waals surface area (Å²) < 4.78 is 40.0. The number of furan rings is 1. The predicted octanol–water partition coefficient (Wildman–Crippen LogP) is 2.26. The molecule has 0 amide bonds. The molecule has 0 fully saturated rings. The number of alkyl halides is 3. The summed E-state index contributed by atoms with van der Waals surface area (Å²) in [5.41, 5.74) is 4.77. The SMILES string of the molecule is Cl.NC(c1ccoc1)C(F)(F)F. The maximum absolute atomic E-state index is 11.8. The fraction of sp³-hybridized carbons (Fsp3) is 0.333. The Morgan fingerprint density at radius 1 is 1.42 bits per heavy atom. The topological polar surface area (TPSA) is 39.2 Å². The van der Waals surface area contributed by atoms with Gasteiger partial charge in [0.1, 0.15) is 6.04 Å². The molecule has 2 nitrogen and oxygen atoms in total. The van der Waals surface area contributed by atoms with E-state index in [0.29, 0.717) is 0 Å². The summed E-state index contributed by atoms with van der Waals surface area (Å²) in [6.07, 6.45) is -2.26. The van der Waals surface area contributed by atoms with Crippen molar-refractivity contribution in [3.63, 3.8) is 0 Å². The zero-order valence-corrected chi connectivity index (χ0v) is 6.65. The molecular weight excluding hydrogens is 195 g/mol. The summed E-state index contributed by atoms with van der Waals surface area (Å²) in [5, 5.41) is 0. The van der Waals surface area contributed by atoms with Crippen molar-refractivity contribution in [3.8, 4) is 0 Å². The summed E-state index contributed by atoms with van der Waals surface area (Å²) in [7, 11) is 0. The summed E-state index contributed by atoms with van der Waals surface area (Å²) >= 11 is 0. The van der Waals surface area contributed by atoms with Crippen LogP contribution in [-0.2, 0) is 0 Å². The molecule has 0 saturated carbocycles. The van der Waals surface area contributed by atoms with Gasteiger partial charge in [0.05, 0.1) is 12.5 Å². The molecule has 70 valence electrons. The van der Waals surface area contributed by atoms with Crippen LogP contribution in [0, 0.1) is 0 Å². The van der Waals surface area contributed by atoms with E-state index in [1.165, 1.54) is 6.07 Å². The third-order valence-corrected chi connectivity index (χ3v) is 1.25. The van der Waals surface area contributed by atoms with Gasteiger partial charge in [-0.15, -0.1) is 12.4 Å². The van der Waals surface area contributed by atoms with Gasteiger partial charge in [-0.25, -0.2) is 0 Å². The van der Waals surface area contributed by atoms with Crippen molar-refractivity contribution in [1.82, 2.24) is 0 Å². The highest BCUT2D eigenvalue weighted by molar-refractivity contribution is 5.85. The van der Waals surface area contributed by atoms with Gasteiger partial charge in [-0.1, -0.05) is 0 Å². The van der Waals surface area contributed by atoms with Crippen LogP contribution in [0.25, 0.3) is 0 Å². The van der Waals surface area contributed by atoms with Crippen molar-refractivity contribution in [2.75, 3.05) is 0 Å². The molecule has 1 aromatic rings. The highest BCUT2D eigenvalue weighted by atomic mass is 35.5. The van der Waals surface area contributed by atoms with Crippen molar-refractivity contribution >= 4 is 12.4 Å². The average molecular weight is 202 g/mol. The standard InChI is InChI=1S/C6H6F3NO.ClH/c7-6(8,9)5(10)4-1-2-11-3-4;/h1-3,5H,10H2;1H. The summed E-state index contributed by atoms with van der Waals surface area (Å²) in [6, 6.07) is -0.751. The van der Waals surface area contributed by atoms with Crippen molar-refractivity contribution in [2.45, 2.75) is 12.2 Å². The van der Waals surface area contributed by atoms with Gasteiger partial charge < -0.3 is 10.2 Å². The Morgan fingerprint density at radius 3 is 2.33 bits per heavy atom. The molecule has 1 atom stereocenters. The summed E-state index contributed by atoms with van der Waals surface area (Å²) in [4.78, 5) is 0. The maximum Gasteiger partial charge on any atom is 0.407 e. The Kier molecular flexibility index (Phi) is 3.60. The first-order valence-corrected chi connectivity index (χ1v) is 2.86.